The minimum absolute atomic E-state index is 0.00765. The van der Waals surface area contributed by atoms with Crippen LogP contribution < -0.4 is 5.32 Å². The highest BCUT2D eigenvalue weighted by Gasteiger charge is 2.25. The Morgan fingerprint density at radius 2 is 2.04 bits per heavy atom. The van der Waals surface area contributed by atoms with Gasteiger partial charge in [0.2, 0.25) is 5.91 Å². The summed E-state index contributed by atoms with van der Waals surface area (Å²) in [6.45, 7) is 7.04. The predicted molar refractivity (Wildman–Crippen MR) is 85.5 cm³/mol. The first-order chi connectivity index (χ1) is 10.9. The number of rotatable bonds is 4. The summed E-state index contributed by atoms with van der Waals surface area (Å²) in [5, 5.41) is 2.92. The molecule has 1 fully saturated rings. The van der Waals surface area contributed by atoms with Gasteiger partial charge >= 0.3 is 0 Å². The second kappa shape index (κ2) is 7.53. The van der Waals surface area contributed by atoms with E-state index < -0.39 is 5.82 Å². The quantitative estimate of drug-likeness (QED) is 0.925. The Morgan fingerprint density at radius 3 is 2.65 bits per heavy atom. The Kier molecular flexibility index (Phi) is 5.69. The molecule has 0 aliphatic carbocycles. The van der Waals surface area contributed by atoms with Crippen LogP contribution in [0.4, 0.5) is 4.39 Å². The summed E-state index contributed by atoms with van der Waals surface area (Å²) in [7, 11) is 0. The van der Waals surface area contributed by atoms with E-state index in [2.05, 4.69) is 10.3 Å². The second-order valence-electron chi connectivity index (χ2n) is 6.51. The Morgan fingerprint density at radius 1 is 1.39 bits per heavy atom. The van der Waals surface area contributed by atoms with Gasteiger partial charge in [0.1, 0.15) is 5.82 Å². The number of hydrogen-bond donors (Lipinski definition) is 1. The molecule has 5 nitrogen and oxygen atoms in total. The van der Waals surface area contributed by atoms with Crippen LogP contribution in [0.2, 0.25) is 0 Å². The number of pyridine rings is 1. The maximum Gasteiger partial charge on any atom is 0.253 e. The standard InChI is InChI=1S/C17H24FN3O2/c1-11(2)8-16(22)21-6-4-14(5-7-21)20-17(23)15-9-13(18)10-19-12(15)3/h9-11,14H,4-8H2,1-3H3,(H,20,23). The molecule has 126 valence electrons. The van der Waals surface area contributed by atoms with E-state index in [1.165, 1.54) is 6.07 Å². The number of amides is 2. The van der Waals surface area contributed by atoms with Crippen molar-refractivity contribution >= 4 is 11.8 Å². The first kappa shape index (κ1) is 17.4. The maximum absolute atomic E-state index is 13.2. The average Bonchev–Trinajstić information content (AvgIpc) is 2.49. The summed E-state index contributed by atoms with van der Waals surface area (Å²) in [5.74, 6) is -0.297. The van der Waals surface area contributed by atoms with Crippen molar-refractivity contribution in [2.75, 3.05) is 13.1 Å². The van der Waals surface area contributed by atoms with Crippen molar-refractivity contribution in [3.8, 4) is 0 Å². The third kappa shape index (κ3) is 4.74. The number of nitrogens with one attached hydrogen (secondary N) is 1. The van der Waals surface area contributed by atoms with E-state index in [0.717, 1.165) is 19.0 Å². The summed E-state index contributed by atoms with van der Waals surface area (Å²) < 4.78 is 13.2. The van der Waals surface area contributed by atoms with Crippen molar-refractivity contribution in [3.63, 3.8) is 0 Å². The van der Waals surface area contributed by atoms with Crippen LogP contribution in [0.3, 0.4) is 0 Å². The average molecular weight is 321 g/mol. The number of hydrogen-bond acceptors (Lipinski definition) is 3. The molecule has 1 aromatic heterocycles. The number of nitrogens with zero attached hydrogens (tertiary/aromatic N) is 2. The van der Waals surface area contributed by atoms with Crippen molar-refractivity contribution in [1.82, 2.24) is 15.2 Å². The van der Waals surface area contributed by atoms with Crippen molar-refractivity contribution in [2.45, 2.75) is 46.1 Å². The van der Waals surface area contributed by atoms with Crippen LogP contribution in [0.25, 0.3) is 0 Å². The zero-order valence-electron chi connectivity index (χ0n) is 13.9. The predicted octanol–water partition coefficient (Wildman–Crippen LogP) is 2.30. The monoisotopic (exact) mass is 321 g/mol. The largest absolute Gasteiger partial charge is 0.349 e. The molecule has 0 bridgehead atoms. The molecule has 0 atom stereocenters. The van der Waals surface area contributed by atoms with Gasteiger partial charge in [0.05, 0.1) is 17.5 Å². The number of aromatic nitrogens is 1. The fourth-order valence-electron chi connectivity index (χ4n) is 2.75. The zero-order valence-corrected chi connectivity index (χ0v) is 13.9. The molecule has 2 amide bonds. The topological polar surface area (TPSA) is 62.3 Å². The summed E-state index contributed by atoms with van der Waals surface area (Å²) in [5.41, 5.74) is 0.775. The molecule has 0 spiro atoms. The van der Waals surface area contributed by atoms with Crippen LogP contribution in [0.5, 0.6) is 0 Å². The number of halogens is 1. The van der Waals surface area contributed by atoms with Crippen molar-refractivity contribution in [1.29, 1.82) is 0 Å². The molecule has 1 aliphatic heterocycles. The molecule has 0 unspecified atom stereocenters. The molecule has 1 saturated heterocycles. The number of carbonyl (C=O) groups is 2. The van der Waals surface area contributed by atoms with Crippen LogP contribution in [-0.4, -0.2) is 40.8 Å². The highest BCUT2D eigenvalue weighted by atomic mass is 19.1. The van der Waals surface area contributed by atoms with Gasteiger partial charge in [0.25, 0.3) is 5.91 Å². The number of aryl methyl sites for hydroxylation is 1. The molecule has 0 saturated carbocycles. The SMILES string of the molecule is Cc1ncc(F)cc1C(=O)NC1CCN(C(=O)CC(C)C)CC1. The minimum Gasteiger partial charge on any atom is -0.349 e. The lowest BCUT2D eigenvalue weighted by Crippen LogP contribution is -2.46. The van der Waals surface area contributed by atoms with Crippen molar-refractivity contribution in [2.24, 2.45) is 5.92 Å². The summed E-state index contributed by atoms with van der Waals surface area (Å²) >= 11 is 0. The third-order valence-electron chi connectivity index (χ3n) is 4.06. The van der Waals surface area contributed by atoms with Gasteiger partial charge in [-0.15, -0.1) is 0 Å². The summed E-state index contributed by atoms with van der Waals surface area (Å²) in [6, 6.07) is 1.21. The molecule has 2 heterocycles. The van der Waals surface area contributed by atoms with Gasteiger partial charge in [0, 0.05) is 25.6 Å². The van der Waals surface area contributed by atoms with Gasteiger partial charge in [-0.2, -0.15) is 0 Å². The van der Waals surface area contributed by atoms with Crippen LogP contribution in [0.1, 0.15) is 49.2 Å². The van der Waals surface area contributed by atoms with E-state index in [1.807, 2.05) is 18.7 Å². The van der Waals surface area contributed by atoms with Crippen LogP contribution in [-0.2, 0) is 4.79 Å². The van der Waals surface area contributed by atoms with Gasteiger partial charge in [0.15, 0.2) is 0 Å². The second-order valence-corrected chi connectivity index (χ2v) is 6.51. The van der Waals surface area contributed by atoms with E-state index in [9.17, 15) is 14.0 Å². The Labute approximate surface area is 136 Å². The van der Waals surface area contributed by atoms with Crippen molar-refractivity contribution < 1.29 is 14.0 Å². The van der Waals surface area contributed by atoms with Gasteiger partial charge in [-0.1, -0.05) is 13.8 Å². The maximum atomic E-state index is 13.2. The molecule has 1 aliphatic rings. The molecule has 0 radical (unpaired) electrons. The van der Waals surface area contributed by atoms with Gasteiger partial charge in [-0.05, 0) is 31.7 Å². The van der Waals surface area contributed by atoms with Crippen molar-refractivity contribution in [3.05, 3.63) is 29.3 Å². The van der Waals surface area contributed by atoms with E-state index in [0.29, 0.717) is 31.1 Å². The van der Waals surface area contributed by atoms with E-state index in [4.69, 9.17) is 0 Å². The third-order valence-corrected chi connectivity index (χ3v) is 4.06. The molecule has 2 rings (SSSR count). The first-order valence-electron chi connectivity index (χ1n) is 8.07. The number of carbonyl (C=O) groups excluding carboxylic acids is 2. The van der Waals surface area contributed by atoms with Gasteiger partial charge in [-0.25, -0.2) is 4.39 Å². The first-order valence-corrected chi connectivity index (χ1v) is 8.07. The lowest BCUT2D eigenvalue weighted by molar-refractivity contribution is -0.133. The molecule has 6 heteroatoms. The Hall–Kier alpha value is -1.98. The molecule has 1 aromatic rings. The highest BCUT2D eigenvalue weighted by molar-refractivity contribution is 5.95. The molecule has 1 N–H and O–H groups in total. The number of likely N-dealkylation sites (tertiary alicyclic amines) is 1. The highest BCUT2D eigenvalue weighted by Crippen LogP contribution is 2.15. The van der Waals surface area contributed by atoms with Crippen LogP contribution >= 0.6 is 0 Å². The van der Waals surface area contributed by atoms with E-state index >= 15 is 0 Å². The van der Waals surface area contributed by atoms with Gasteiger partial charge < -0.3 is 10.2 Å². The lowest BCUT2D eigenvalue weighted by atomic mass is 10.0. The molecule has 0 aromatic carbocycles. The molecular formula is C17H24FN3O2. The summed E-state index contributed by atoms with van der Waals surface area (Å²) in [6.07, 6.45) is 3.10. The fraction of sp³-hybridized carbons (Fsp3) is 0.588. The zero-order chi connectivity index (χ0) is 17.0. The smallest absolute Gasteiger partial charge is 0.253 e. The Bertz CT molecular complexity index is 581. The van der Waals surface area contributed by atoms with Crippen LogP contribution in [0.15, 0.2) is 12.3 Å². The molecular weight excluding hydrogens is 297 g/mol. The fourth-order valence-corrected chi connectivity index (χ4v) is 2.75. The molecule has 23 heavy (non-hydrogen) atoms. The van der Waals surface area contributed by atoms with E-state index in [-0.39, 0.29) is 23.4 Å². The summed E-state index contributed by atoms with van der Waals surface area (Å²) in [4.78, 5) is 30.0. The normalized spacial score (nSPS) is 15.8. The number of piperidine rings is 1. The Balaban J connectivity index is 1.88. The lowest BCUT2D eigenvalue weighted by Gasteiger charge is -2.33. The van der Waals surface area contributed by atoms with E-state index in [1.54, 1.807) is 6.92 Å². The van der Waals surface area contributed by atoms with Gasteiger partial charge in [-0.3, -0.25) is 14.6 Å². The van der Waals surface area contributed by atoms with Crippen LogP contribution in [0, 0.1) is 18.7 Å². The minimum atomic E-state index is -0.519.